The van der Waals surface area contributed by atoms with Crippen LogP contribution in [0.15, 0.2) is 60.8 Å². The number of unbranched alkanes of at least 4 members (excludes halogenated alkanes) is 1. The minimum Gasteiger partial charge on any atom is -0.347 e. The predicted molar refractivity (Wildman–Crippen MR) is 101 cm³/mol. The Morgan fingerprint density at radius 3 is 2.48 bits per heavy atom. The summed E-state index contributed by atoms with van der Waals surface area (Å²) in [6.07, 6.45) is 7.50. The van der Waals surface area contributed by atoms with Crippen molar-refractivity contribution in [2.45, 2.75) is 46.1 Å². The lowest BCUT2D eigenvalue weighted by Gasteiger charge is -2.16. The second kappa shape index (κ2) is 7.50. The van der Waals surface area contributed by atoms with Gasteiger partial charge in [-0.3, -0.25) is 0 Å². The Hall–Kier alpha value is -2.02. The molecule has 0 spiro atoms. The van der Waals surface area contributed by atoms with E-state index in [0.717, 1.165) is 12.5 Å². The smallest absolute Gasteiger partial charge is 0.0480 e. The molecule has 0 radical (unpaired) electrons. The maximum Gasteiger partial charge on any atom is 0.0480 e. The normalized spacial score (nSPS) is 12.6. The van der Waals surface area contributed by atoms with Crippen molar-refractivity contribution in [3.63, 3.8) is 0 Å². The predicted octanol–water partition coefficient (Wildman–Crippen LogP) is 6.52. The molecular formula is C22H27N. The summed E-state index contributed by atoms with van der Waals surface area (Å²) in [6, 6.07) is 19.7. The molecule has 1 unspecified atom stereocenters. The lowest BCUT2D eigenvalue weighted by molar-refractivity contribution is 0.396. The van der Waals surface area contributed by atoms with Crippen LogP contribution in [-0.4, -0.2) is 4.57 Å². The van der Waals surface area contributed by atoms with Gasteiger partial charge in [0, 0.05) is 23.6 Å². The molecule has 1 aromatic heterocycles. The molecule has 0 fully saturated rings. The van der Waals surface area contributed by atoms with Crippen LogP contribution in [0.3, 0.4) is 0 Å². The van der Waals surface area contributed by atoms with Gasteiger partial charge in [-0.25, -0.2) is 0 Å². The Morgan fingerprint density at radius 1 is 0.913 bits per heavy atom. The van der Waals surface area contributed by atoms with Crippen LogP contribution in [0.1, 0.15) is 39.5 Å². The number of benzene rings is 2. The zero-order chi connectivity index (χ0) is 16.1. The standard InChI is InChI=1S/C22H27N/c1-3-5-9-18(4-2)17-23-15-14-21-16-20(12-13-22(21)23)19-10-7-6-8-11-19/h6-8,10-16,18H,3-5,9,17H2,1-2H3. The SMILES string of the molecule is CCCCC(CC)Cn1ccc2cc(-c3ccccc3)ccc21. The largest absolute Gasteiger partial charge is 0.347 e. The number of rotatable bonds is 7. The fourth-order valence-corrected chi connectivity index (χ4v) is 3.36. The van der Waals surface area contributed by atoms with E-state index in [1.54, 1.807) is 0 Å². The van der Waals surface area contributed by atoms with Crippen LogP contribution in [0.4, 0.5) is 0 Å². The maximum atomic E-state index is 2.44. The highest BCUT2D eigenvalue weighted by atomic mass is 15.0. The minimum atomic E-state index is 0.791. The second-order valence-electron chi connectivity index (χ2n) is 6.52. The van der Waals surface area contributed by atoms with Gasteiger partial charge >= 0.3 is 0 Å². The molecule has 0 N–H and O–H groups in total. The van der Waals surface area contributed by atoms with Crippen molar-refractivity contribution in [2.24, 2.45) is 5.92 Å². The Balaban J connectivity index is 1.84. The number of fused-ring (bicyclic) bond motifs is 1. The lowest BCUT2D eigenvalue weighted by atomic mass is 9.99. The Labute approximate surface area is 140 Å². The monoisotopic (exact) mass is 305 g/mol. The third-order valence-corrected chi connectivity index (χ3v) is 4.88. The Bertz CT molecular complexity index is 739. The summed E-state index contributed by atoms with van der Waals surface area (Å²) in [5, 5.41) is 1.34. The summed E-state index contributed by atoms with van der Waals surface area (Å²) in [6.45, 7) is 5.74. The Kier molecular flexibility index (Phi) is 5.17. The third-order valence-electron chi connectivity index (χ3n) is 4.88. The van der Waals surface area contributed by atoms with E-state index in [2.05, 4.69) is 79.2 Å². The molecule has 2 aromatic carbocycles. The molecule has 1 heteroatoms. The molecule has 0 aliphatic rings. The Morgan fingerprint density at radius 2 is 1.74 bits per heavy atom. The maximum absolute atomic E-state index is 2.44. The van der Waals surface area contributed by atoms with Gasteiger partial charge in [0.15, 0.2) is 0 Å². The van der Waals surface area contributed by atoms with Crippen LogP contribution in [0.2, 0.25) is 0 Å². The van der Waals surface area contributed by atoms with Gasteiger partial charge in [0.05, 0.1) is 0 Å². The highest BCUT2D eigenvalue weighted by Crippen LogP contribution is 2.26. The van der Waals surface area contributed by atoms with Gasteiger partial charge in [0.1, 0.15) is 0 Å². The molecule has 0 aliphatic carbocycles. The van der Waals surface area contributed by atoms with E-state index in [9.17, 15) is 0 Å². The van der Waals surface area contributed by atoms with E-state index in [0.29, 0.717) is 0 Å². The first-order valence-electron chi connectivity index (χ1n) is 8.96. The third kappa shape index (κ3) is 3.67. The number of hydrogen-bond acceptors (Lipinski definition) is 0. The van der Waals surface area contributed by atoms with Crippen molar-refractivity contribution in [1.29, 1.82) is 0 Å². The number of aromatic nitrogens is 1. The molecule has 0 saturated carbocycles. The second-order valence-corrected chi connectivity index (χ2v) is 6.52. The van der Waals surface area contributed by atoms with E-state index >= 15 is 0 Å². The molecule has 1 atom stereocenters. The summed E-state index contributed by atoms with van der Waals surface area (Å²) in [5.74, 6) is 0.791. The zero-order valence-electron chi connectivity index (χ0n) is 14.3. The zero-order valence-corrected chi connectivity index (χ0v) is 14.3. The average Bonchev–Trinajstić information content (AvgIpc) is 3.01. The molecule has 23 heavy (non-hydrogen) atoms. The van der Waals surface area contributed by atoms with Crippen LogP contribution in [-0.2, 0) is 6.54 Å². The molecule has 3 aromatic rings. The molecule has 0 bridgehead atoms. The van der Waals surface area contributed by atoms with E-state index in [4.69, 9.17) is 0 Å². The molecule has 120 valence electrons. The van der Waals surface area contributed by atoms with Crippen molar-refractivity contribution in [2.75, 3.05) is 0 Å². The van der Waals surface area contributed by atoms with E-state index < -0.39 is 0 Å². The lowest BCUT2D eigenvalue weighted by Crippen LogP contribution is -2.09. The summed E-state index contributed by atoms with van der Waals surface area (Å²) in [7, 11) is 0. The van der Waals surface area contributed by atoms with Crippen LogP contribution in [0.5, 0.6) is 0 Å². The van der Waals surface area contributed by atoms with Crippen LogP contribution in [0, 0.1) is 5.92 Å². The van der Waals surface area contributed by atoms with Crippen molar-refractivity contribution in [3.05, 3.63) is 60.8 Å². The fourth-order valence-electron chi connectivity index (χ4n) is 3.36. The van der Waals surface area contributed by atoms with Gasteiger partial charge in [-0.15, -0.1) is 0 Å². The van der Waals surface area contributed by atoms with Gasteiger partial charge in [-0.2, -0.15) is 0 Å². The van der Waals surface area contributed by atoms with E-state index in [-0.39, 0.29) is 0 Å². The first-order valence-corrected chi connectivity index (χ1v) is 8.96. The van der Waals surface area contributed by atoms with E-state index in [1.807, 2.05) is 0 Å². The van der Waals surface area contributed by atoms with Gasteiger partial charge in [0.2, 0.25) is 0 Å². The fraction of sp³-hybridized carbons (Fsp3) is 0.364. The molecule has 0 amide bonds. The summed E-state index contributed by atoms with van der Waals surface area (Å²) >= 11 is 0. The van der Waals surface area contributed by atoms with Gasteiger partial charge in [-0.05, 0) is 41.7 Å². The first-order chi connectivity index (χ1) is 11.3. The van der Waals surface area contributed by atoms with Crippen LogP contribution >= 0.6 is 0 Å². The molecule has 0 saturated heterocycles. The molecule has 3 rings (SSSR count). The van der Waals surface area contributed by atoms with Crippen molar-refractivity contribution < 1.29 is 0 Å². The molecule has 1 nitrogen and oxygen atoms in total. The average molecular weight is 305 g/mol. The molecule has 0 aliphatic heterocycles. The van der Waals surface area contributed by atoms with Gasteiger partial charge < -0.3 is 4.57 Å². The number of hydrogen-bond donors (Lipinski definition) is 0. The highest BCUT2D eigenvalue weighted by Gasteiger charge is 2.09. The minimum absolute atomic E-state index is 0.791. The quantitative estimate of drug-likeness (QED) is 0.468. The summed E-state index contributed by atoms with van der Waals surface area (Å²) < 4.78 is 2.44. The topological polar surface area (TPSA) is 4.93 Å². The van der Waals surface area contributed by atoms with Crippen LogP contribution in [0.25, 0.3) is 22.0 Å². The molecule has 1 heterocycles. The van der Waals surface area contributed by atoms with Gasteiger partial charge in [-0.1, -0.05) is 69.5 Å². The van der Waals surface area contributed by atoms with Crippen LogP contribution < -0.4 is 0 Å². The summed E-state index contributed by atoms with van der Waals surface area (Å²) in [5.41, 5.74) is 3.95. The summed E-state index contributed by atoms with van der Waals surface area (Å²) in [4.78, 5) is 0. The van der Waals surface area contributed by atoms with Gasteiger partial charge in [0.25, 0.3) is 0 Å². The van der Waals surface area contributed by atoms with Crippen molar-refractivity contribution in [1.82, 2.24) is 4.57 Å². The van der Waals surface area contributed by atoms with Crippen molar-refractivity contribution in [3.8, 4) is 11.1 Å². The van der Waals surface area contributed by atoms with E-state index in [1.165, 1.54) is 47.7 Å². The number of nitrogens with zero attached hydrogens (tertiary/aromatic N) is 1. The first kappa shape index (κ1) is 15.9. The highest BCUT2D eigenvalue weighted by molar-refractivity contribution is 5.85. The molecular weight excluding hydrogens is 278 g/mol. The van der Waals surface area contributed by atoms with Crippen molar-refractivity contribution >= 4 is 10.9 Å².